The summed E-state index contributed by atoms with van der Waals surface area (Å²) in [6.45, 7) is 5.09. The zero-order valence-electron chi connectivity index (χ0n) is 12.2. The maximum absolute atomic E-state index is 14.1. The van der Waals surface area contributed by atoms with Crippen molar-refractivity contribution in [3.63, 3.8) is 0 Å². The Hall–Kier alpha value is -1.30. The predicted octanol–water partition coefficient (Wildman–Crippen LogP) is 3.94. The molecule has 1 aromatic heterocycles. The minimum atomic E-state index is -0.568. The highest BCUT2D eigenvalue weighted by Gasteiger charge is 2.25. The van der Waals surface area contributed by atoms with Crippen LogP contribution in [0.3, 0.4) is 0 Å². The van der Waals surface area contributed by atoms with Crippen molar-refractivity contribution in [2.24, 2.45) is 5.73 Å². The van der Waals surface area contributed by atoms with Crippen LogP contribution < -0.4 is 5.73 Å². The molecule has 2 N–H and O–H groups in total. The number of thiophene rings is 1. The van der Waals surface area contributed by atoms with E-state index in [9.17, 15) is 8.78 Å². The van der Waals surface area contributed by atoms with E-state index >= 15 is 0 Å². The molecule has 0 aliphatic heterocycles. The van der Waals surface area contributed by atoms with Crippen LogP contribution >= 0.6 is 11.3 Å². The number of benzene rings is 1. The summed E-state index contributed by atoms with van der Waals surface area (Å²) in [4.78, 5) is 3.34. The Morgan fingerprint density at radius 1 is 1.24 bits per heavy atom. The molecule has 0 fully saturated rings. The van der Waals surface area contributed by atoms with Crippen molar-refractivity contribution < 1.29 is 8.78 Å². The van der Waals surface area contributed by atoms with Crippen LogP contribution in [0, 0.1) is 11.6 Å². The normalized spacial score (nSPS) is 13.1. The second kappa shape index (κ2) is 7.11. The van der Waals surface area contributed by atoms with Gasteiger partial charge in [0.1, 0.15) is 11.6 Å². The Bertz CT molecular complexity index is 570. The van der Waals surface area contributed by atoms with Gasteiger partial charge in [0.15, 0.2) is 0 Å². The summed E-state index contributed by atoms with van der Waals surface area (Å²) in [6, 6.07) is 7.67. The Labute approximate surface area is 128 Å². The average Bonchev–Trinajstić information content (AvgIpc) is 2.93. The summed E-state index contributed by atoms with van der Waals surface area (Å²) in [5.74, 6) is -1.11. The third-order valence-electron chi connectivity index (χ3n) is 3.53. The zero-order chi connectivity index (χ0) is 15.4. The molecule has 1 aromatic carbocycles. The molecular weight excluding hydrogens is 290 g/mol. The van der Waals surface area contributed by atoms with Crippen molar-refractivity contribution in [3.8, 4) is 0 Å². The summed E-state index contributed by atoms with van der Waals surface area (Å²) in [5, 5.41) is 2.02. The smallest absolute Gasteiger partial charge is 0.130 e. The van der Waals surface area contributed by atoms with Crippen LogP contribution in [-0.2, 0) is 6.54 Å². The molecule has 2 nitrogen and oxygen atoms in total. The number of nitrogens with two attached hydrogens (primary N) is 1. The van der Waals surface area contributed by atoms with E-state index in [4.69, 9.17) is 5.73 Å². The molecule has 0 spiro atoms. The fourth-order valence-electron chi connectivity index (χ4n) is 2.45. The maximum atomic E-state index is 14.1. The molecule has 0 aliphatic carbocycles. The number of halogens is 2. The minimum absolute atomic E-state index is 0.199. The van der Waals surface area contributed by atoms with E-state index in [0.29, 0.717) is 12.1 Å². The fourth-order valence-corrected chi connectivity index (χ4v) is 3.16. The first-order chi connectivity index (χ1) is 10.0. The van der Waals surface area contributed by atoms with Crippen molar-refractivity contribution in [2.75, 3.05) is 6.54 Å². The molecule has 1 heterocycles. The third-order valence-corrected chi connectivity index (χ3v) is 4.39. The SMILES string of the molecule is CC(C)N(Cc1cccs1)C(CN)c1ccc(F)cc1F. The highest BCUT2D eigenvalue weighted by Crippen LogP contribution is 2.27. The lowest BCUT2D eigenvalue weighted by Gasteiger charge is -2.34. The fraction of sp³-hybridized carbons (Fsp3) is 0.375. The van der Waals surface area contributed by atoms with Crippen LogP contribution in [0.2, 0.25) is 0 Å². The summed E-state index contributed by atoms with van der Waals surface area (Å²) >= 11 is 1.66. The Morgan fingerprint density at radius 3 is 2.52 bits per heavy atom. The quantitative estimate of drug-likeness (QED) is 0.876. The third kappa shape index (κ3) is 3.87. The van der Waals surface area contributed by atoms with Gasteiger partial charge in [-0.05, 0) is 31.4 Å². The number of hydrogen-bond donors (Lipinski definition) is 1. The second-order valence-corrected chi connectivity index (χ2v) is 6.30. The molecule has 0 amide bonds. The Balaban J connectivity index is 2.31. The van der Waals surface area contributed by atoms with Crippen LogP contribution in [0.4, 0.5) is 8.78 Å². The monoisotopic (exact) mass is 310 g/mol. The van der Waals surface area contributed by atoms with Gasteiger partial charge in [0, 0.05) is 35.6 Å². The first-order valence-electron chi connectivity index (χ1n) is 6.96. The molecule has 0 aliphatic rings. The summed E-state index contributed by atoms with van der Waals surface area (Å²) < 4.78 is 27.2. The number of rotatable bonds is 6. The molecule has 0 radical (unpaired) electrons. The van der Waals surface area contributed by atoms with E-state index in [2.05, 4.69) is 24.8 Å². The molecule has 114 valence electrons. The van der Waals surface area contributed by atoms with Crippen molar-refractivity contribution in [3.05, 3.63) is 57.8 Å². The highest BCUT2D eigenvalue weighted by atomic mass is 32.1. The van der Waals surface area contributed by atoms with Crippen molar-refractivity contribution in [1.82, 2.24) is 4.90 Å². The second-order valence-electron chi connectivity index (χ2n) is 5.26. The maximum Gasteiger partial charge on any atom is 0.130 e. The van der Waals surface area contributed by atoms with Gasteiger partial charge < -0.3 is 5.73 Å². The molecule has 0 saturated heterocycles. The van der Waals surface area contributed by atoms with Crippen molar-refractivity contribution in [1.29, 1.82) is 0 Å². The van der Waals surface area contributed by atoms with Gasteiger partial charge >= 0.3 is 0 Å². The molecule has 21 heavy (non-hydrogen) atoms. The lowest BCUT2D eigenvalue weighted by molar-refractivity contribution is 0.146. The van der Waals surface area contributed by atoms with Gasteiger partial charge in [-0.2, -0.15) is 0 Å². The summed E-state index contributed by atoms with van der Waals surface area (Å²) in [7, 11) is 0. The van der Waals surface area contributed by atoms with Gasteiger partial charge in [-0.15, -0.1) is 11.3 Å². The van der Waals surface area contributed by atoms with E-state index in [1.165, 1.54) is 17.0 Å². The van der Waals surface area contributed by atoms with E-state index < -0.39 is 11.6 Å². The molecular formula is C16H20F2N2S. The van der Waals surface area contributed by atoms with Crippen LogP contribution in [0.15, 0.2) is 35.7 Å². The van der Waals surface area contributed by atoms with E-state index in [1.54, 1.807) is 11.3 Å². The van der Waals surface area contributed by atoms with Crippen LogP contribution in [0.1, 0.15) is 30.3 Å². The van der Waals surface area contributed by atoms with Crippen molar-refractivity contribution in [2.45, 2.75) is 32.5 Å². The van der Waals surface area contributed by atoms with Gasteiger partial charge in [-0.1, -0.05) is 12.1 Å². The van der Waals surface area contributed by atoms with Crippen LogP contribution in [0.25, 0.3) is 0 Å². The number of nitrogens with zero attached hydrogens (tertiary/aromatic N) is 1. The molecule has 2 rings (SSSR count). The Morgan fingerprint density at radius 2 is 2.00 bits per heavy atom. The lowest BCUT2D eigenvalue weighted by Crippen LogP contribution is -2.38. The van der Waals surface area contributed by atoms with Gasteiger partial charge in [-0.25, -0.2) is 8.78 Å². The first-order valence-corrected chi connectivity index (χ1v) is 7.84. The van der Waals surface area contributed by atoms with Gasteiger partial charge in [0.25, 0.3) is 0 Å². The van der Waals surface area contributed by atoms with E-state index in [1.807, 2.05) is 11.4 Å². The van der Waals surface area contributed by atoms with E-state index in [0.717, 1.165) is 6.07 Å². The molecule has 1 unspecified atom stereocenters. The lowest BCUT2D eigenvalue weighted by atomic mass is 10.0. The average molecular weight is 310 g/mol. The molecule has 1 atom stereocenters. The first kappa shape index (κ1) is 16.1. The molecule has 0 saturated carbocycles. The largest absolute Gasteiger partial charge is 0.329 e. The highest BCUT2D eigenvalue weighted by molar-refractivity contribution is 7.09. The van der Waals surface area contributed by atoms with Gasteiger partial charge in [0.2, 0.25) is 0 Å². The van der Waals surface area contributed by atoms with Gasteiger partial charge in [0.05, 0.1) is 6.04 Å². The standard InChI is InChI=1S/C16H20F2N2S/c1-11(2)20(10-13-4-3-7-21-13)16(9-19)14-6-5-12(17)8-15(14)18/h3-8,11,16H,9-10,19H2,1-2H3. The van der Waals surface area contributed by atoms with Crippen LogP contribution in [-0.4, -0.2) is 17.5 Å². The zero-order valence-corrected chi connectivity index (χ0v) is 13.0. The minimum Gasteiger partial charge on any atom is -0.329 e. The Kier molecular flexibility index (Phi) is 5.45. The summed E-state index contributed by atoms with van der Waals surface area (Å²) in [5.41, 5.74) is 6.33. The number of hydrogen-bond acceptors (Lipinski definition) is 3. The molecule has 0 bridgehead atoms. The predicted molar refractivity (Wildman–Crippen MR) is 83.2 cm³/mol. The van der Waals surface area contributed by atoms with Crippen LogP contribution in [0.5, 0.6) is 0 Å². The molecule has 2 aromatic rings. The van der Waals surface area contributed by atoms with Crippen molar-refractivity contribution >= 4 is 11.3 Å². The topological polar surface area (TPSA) is 29.3 Å². The molecule has 5 heteroatoms. The van der Waals surface area contributed by atoms with Gasteiger partial charge in [-0.3, -0.25) is 4.90 Å². The van der Waals surface area contributed by atoms with E-state index in [-0.39, 0.29) is 18.6 Å². The summed E-state index contributed by atoms with van der Waals surface area (Å²) in [6.07, 6.45) is 0.